The molecule has 2 aliphatic rings. The lowest BCUT2D eigenvalue weighted by molar-refractivity contribution is -0.130. The average Bonchev–Trinajstić information content (AvgIpc) is 2.63. The van der Waals surface area contributed by atoms with Crippen LogP contribution in [0.3, 0.4) is 0 Å². The van der Waals surface area contributed by atoms with Gasteiger partial charge in [0.1, 0.15) is 0 Å². The molecule has 1 heterocycles. The van der Waals surface area contributed by atoms with Crippen LogP contribution in [0.2, 0.25) is 0 Å². The highest BCUT2D eigenvalue weighted by Crippen LogP contribution is 2.32. The molecule has 1 aromatic carbocycles. The van der Waals surface area contributed by atoms with Crippen molar-refractivity contribution >= 4 is 29.3 Å². The minimum Gasteiger partial charge on any atom is -0.341 e. The van der Waals surface area contributed by atoms with E-state index in [2.05, 4.69) is 5.32 Å². The number of thioether (sulfide) groups is 1. The monoisotopic (exact) mass is 375 g/mol. The molecule has 3 N–H and O–H groups in total. The van der Waals surface area contributed by atoms with E-state index in [-0.39, 0.29) is 17.7 Å². The third-order valence-electron chi connectivity index (χ3n) is 5.51. The van der Waals surface area contributed by atoms with Crippen LogP contribution >= 0.6 is 11.8 Å². The van der Waals surface area contributed by atoms with Crippen LogP contribution in [0.4, 0.5) is 5.69 Å². The maximum Gasteiger partial charge on any atom is 0.229 e. The zero-order valence-electron chi connectivity index (χ0n) is 15.5. The molecule has 0 aromatic heterocycles. The van der Waals surface area contributed by atoms with E-state index in [0.29, 0.717) is 6.42 Å². The number of nitrogens with two attached hydrogens (primary N) is 1. The molecule has 2 atom stereocenters. The molecule has 6 heteroatoms. The summed E-state index contributed by atoms with van der Waals surface area (Å²) in [4.78, 5) is 26.9. The normalized spacial score (nSPS) is 26.4. The Kier molecular flexibility index (Phi) is 6.24. The smallest absolute Gasteiger partial charge is 0.229 e. The molecule has 5 nitrogen and oxygen atoms in total. The number of amides is 2. The predicted octanol–water partition coefficient (Wildman–Crippen LogP) is 2.65. The van der Waals surface area contributed by atoms with E-state index in [0.717, 1.165) is 61.5 Å². The van der Waals surface area contributed by atoms with Crippen LogP contribution in [0, 0.1) is 5.92 Å². The van der Waals surface area contributed by atoms with Crippen LogP contribution in [0.25, 0.3) is 0 Å². The molecule has 0 spiro atoms. The molecule has 1 saturated carbocycles. The molecular weight excluding hydrogens is 346 g/mol. The van der Waals surface area contributed by atoms with Crippen molar-refractivity contribution in [1.82, 2.24) is 4.90 Å². The van der Waals surface area contributed by atoms with Gasteiger partial charge >= 0.3 is 0 Å². The van der Waals surface area contributed by atoms with Crippen LogP contribution in [0.5, 0.6) is 0 Å². The summed E-state index contributed by atoms with van der Waals surface area (Å²) < 4.78 is 0. The van der Waals surface area contributed by atoms with Gasteiger partial charge in [-0.2, -0.15) is 11.8 Å². The first-order chi connectivity index (χ1) is 12.5. The number of hydrogen-bond donors (Lipinski definition) is 2. The number of rotatable bonds is 4. The quantitative estimate of drug-likeness (QED) is 0.848. The molecule has 142 valence electrons. The summed E-state index contributed by atoms with van der Waals surface area (Å²) in [5, 5.41) is 2.99. The van der Waals surface area contributed by atoms with Crippen molar-refractivity contribution in [1.29, 1.82) is 0 Å². The fourth-order valence-electron chi connectivity index (χ4n) is 3.82. The molecule has 1 aromatic rings. The van der Waals surface area contributed by atoms with Gasteiger partial charge in [0.05, 0.1) is 12.3 Å². The van der Waals surface area contributed by atoms with E-state index in [1.54, 1.807) is 0 Å². The first-order valence-corrected chi connectivity index (χ1v) is 10.7. The Bertz CT molecular complexity index is 639. The second kappa shape index (κ2) is 8.44. The standard InChI is InChI=1S/C20H29N3O2S/c1-20(21)9-3-2-4-17(20)19(25)22-16-7-5-15(6-8-16)14-18(24)23-10-12-26-13-11-23/h5-8,17H,2-4,9-14,21H2,1H3,(H,22,25). The maximum absolute atomic E-state index is 12.6. The second-order valence-corrected chi connectivity index (χ2v) is 8.89. The largest absolute Gasteiger partial charge is 0.341 e. The summed E-state index contributed by atoms with van der Waals surface area (Å²) in [6.07, 6.45) is 4.30. The number of nitrogens with zero attached hydrogens (tertiary/aromatic N) is 1. The fraction of sp³-hybridized carbons (Fsp3) is 0.600. The Morgan fingerprint density at radius 3 is 2.58 bits per heavy atom. The number of benzene rings is 1. The minimum absolute atomic E-state index is 0.00402. The number of hydrogen-bond acceptors (Lipinski definition) is 4. The second-order valence-electron chi connectivity index (χ2n) is 7.66. The third kappa shape index (κ3) is 4.80. The average molecular weight is 376 g/mol. The van der Waals surface area contributed by atoms with Crippen molar-refractivity contribution in [3.63, 3.8) is 0 Å². The van der Waals surface area contributed by atoms with Gasteiger partial charge in [-0.1, -0.05) is 25.0 Å². The van der Waals surface area contributed by atoms with Crippen molar-refractivity contribution < 1.29 is 9.59 Å². The van der Waals surface area contributed by atoms with Gasteiger partial charge in [0.15, 0.2) is 0 Å². The van der Waals surface area contributed by atoms with Crippen molar-refractivity contribution in [2.45, 2.75) is 44.6 Å². The highest BCUT2D eigenvalue weighted by Gasteiger charge is 2.37. The summed E-state index contributed by atoms with van der Waals surface area (Å²) in [5.41, 5.74) is 7.64. The first kappa shape index (κ1) is 19.2. The number of anilines is 1. The molecule has 0 radical (unpaired) electrons. The van der Waals surface area contributed by atoms with E-state index in [1.165, 1.54) is 0 Å². The van der Waals surface area contributed by atoms with Crippen molar-refractivity contribution in [3.05, 3.63) is 29.8 Å². The highest BCUT2D eigenvalue weighted by molar-refractivity contribution is 7.99. The molecule has 26 heavy (non-hydrogen) atoms. The van der Waals surface area contributed by atoms with Gasteiger partial charge in [-0.25, -0.2) is 0 Å². The maximum atomic E-state index is 12.6. The van der Waals surface area contributed by atoms with Crippen molar-refractivity contribution in [2.24, 2.45) is 11.7 Å². The highest BCUT2D eigenvalue weighted by atomic mass is 32.2. The molecule has 2 amide bonds. The molecule has 0 bridgehead atoms. The Hall–Kier alpha value is -1.53. The molecule has 3 rings (SSSR count). The predicted molar refractivity (Wildman–Crippen MR) is 107 cm³/mol. The summed E-state index contributed by atoms with van der Waals surface area (Å²) in [5.74, 6) is 2.09. The van der Waals surface area contributed by atoms with Crippen LogP contribution in [0.1, 0.15) is 38.2 Å². The van der Waals surface area contributed by atoms with E-state index >= 15 is 0 Å². The first-order valence-electron chi connectivity index (χ1n) is 9.50. The number of carbonyl (C=O) groups excluding carboxylic acids is 2. The lowest BCUT2D eigenvalue weighted by Gasteiger charge is -2.37. The van der Waals surface area contributed by atoms with Crippen LogP contribution < -0.4 is 11.1 Å². The number of nitrogens with one attached hydrogen (secondary N) is 1. The van der Waals surface area contributed by atoms with Crippen molar-refractivity contribution in [2.75, 3.05) is 29.9 Å². The molecule has 2 fully saturated rings. The zero-order valence-corrected chi connectivity index (χ0v) is 16.3. The fourth-order valence-corrected chi connectivity index (χ4v) is 4.73. The van der Waals surface area contributed by atoms with Gasteiger partial charge in [0.2, 0.25) is 11.8 Å². The van der Waals surface area contributed by atoms with E-state index in [4.69, 9.17) is 5.73 Å². The molecule has 1 saturated heterocycles. The van der Waals surface area contributed by atoms with E-state index < -0.39 is 5.54 Å². The molecule has 2 unspecified atom stereocenters. The van der Waals surface area contributed by atoms with Crippen LogP contribution in [-0.4, -0.2) is 46.8 Å². The van der Waals surface area contributed by atoms with Gasteiger partial charge in [-0.05, 0) is 37.5 Å². The summed E-state index contributed by atoms with van der Waals surface area (Å²) >= 11 is 1.90. The lowest BCUT2D eigenvalue weighted by Crippen LogP contribution is -2.51. The van der Waals surface area contributed by atoms with Gasteiger partial charge in [0, 0.05) is 35.8 Å². The van der Waals surface area contributed by atoms with Crippen molar-refractivity contribution in [3.8, 4) is 0 Å². The van der Waals surface area contributed by atoms with E-state index in [9.17, 15) is 9.59 Å². The zero-order chi connectivity index (χ0) is 18.6. The number of carbonyl (C=O) groups is 2. The van der Waals surface area contributed by atoms with Gasteiger partial charge in [-0.3, -0.25) is 9.59 Å². The van der Waals surface area contributed by atoms with Gasteiger partial charge < -0.3 is 16.0 Å². The van der Waals surface area contributed by atoms with Crippen LogP contribution in [0.15, 0.2) is 24.3 Å². The lowest BCUT2D eigenvalue weighted by atomic mass is 9.74. The Labute approximate surface area is 160 Å². The van der Waals surface area contributed by atoms with Gasteiger partial charge in [-0.15, -0.1) is 0 Å². The summed E-state index contributed by atoms with van der Waals surface area (Å²) in [7, 11) is 0. The van der Waals surface area contributed by atoms with Gasteiger partial charge in [0.25, 0.3) is 0 Å². The summed E-state index contributed by atoms with van der Waals surface area (Å²) in [6.45, 7) is 3.66. The third-order valence-corrected chi connectivity index (χ3v) is 6.45. The van der Waals surface area contributed by atoms with E-state index in [1.807, 2.05) is 47.9 Å². The summed E-state index contributed by atoms with van der Waals surface area (Å²) in [6, 6.07) is 7.61. The minimum atomic E-state index is -0.429. The SMILES string of the molecule is CC1(N)CCCCC1C(=O)Nc1ccc(CC(=O)N2CCSCC2)cc1. The van der Waals surface area contributed by atoms with Crippen LogP contribution in [-0.2, 0) is 16.0 Å². The Morgan fingerprint density at radius 2 is 1.92 bits per heavy atom. The Morgan fingerprint density at radius 1 is 1.23 bits per heavy atom. The molecule has 1 aliphatic carbocycles. The Balaban J connectivity index is 1.55. The molecule has 1 aliphatic heterocycles. The topological polar surface area (TPSA) is 75.4 Å². The molecular formula is C20H29N3O2S.